The van der Waals surface area contributed by atoms with E-state index in [2.05, 4.69) is 12.2 Å². The molecule has 1 fully saturated rings. The molecular weight excluding hydrogens is 269 g/mol. The van der Waals surface area contributed by atoms with Crippen LogP contribution in [0.2, 0.25) is 10.0 Å². The summed E-state index contributed by atoms with van der Waals surface area (Å²) in [5, 5.41) is 4.85. The molecule has 2 atom stereocenters. The quantitative estimate of drug-likeness (QED) is 0.901. The number of ether oxygens (including phenoxy) is 1. The summed E-state index contributed by atoms with van der Waals surface area (Å²) < 4.78 is 5.93. The predicted molar refractivity (Wildman–Crippen MR) is 76.4 cm³/mol. The Morgan fingerprint density at radius 2 is 2.22 bits per heavy atom. The van der Waals surface area contributed by atoms with Gasteiger partial charge in [-0.15, -0.1) is 0 Å². The Bertz CT molecular complexity index is 397. The third kappa shape index (κ3) is 3.39. The van der Waals surface area contributed by atoms with Crippen LogP contribution in [0, 0.1) is 5.92 Å². The molecule has 18 heavy (non-hydrogen) atoms. The van der Waals surface area contributed by atoms with Gasteiger partial charge in [-0.1, -0.05) is 30.1 Å². The molecule has 2 rings (SSSR count). The molecule has 1 saturated heterocycles. The molecule has 1 aliphatic rings. The number of nitrogens with one attached hydrogen (secondary N) is 1. The van der Waals surface area contributed by atoms with E-state index in [4.69, 9.17) is 27.9 Å². The first-order valence-corrected chi connectivity index (χ1v) is 7.25. The van der Waals surface area contributed by atoms with Crippen LogP contribution in [0.4, 0.5) is 0 Å². The molecule has 0 aliphatic carbocycles. The summed E-state index contributed by atoms with van der Waals surface area (Å²) in [7, 11) is 0. The highest BCUT2D eigenvalue weighted by Gasteiger charge is 2.28. The SMILES string of the molecule is CCNCC1CCCOC1c1cc(Cl)ccc1Cl. The molecule has 0 radical (unpaired) electrons. The van der Waals surface area contributed by atoms with Crippen LogP contribution in [0.3, 0.4) is 0 Å². The van der Waals surface area contributed by atoms with Gasteiger partial charge in [-0.2, -0.15) is 0 Å². The van der Waals surface area contributed by atoms with Crippen molar-refractivity contribution in [2.75, 3.05) is 19.7 Å². The zero-order valence-electron chi connectivity index (χ0n) is 10.6. The van der Waals surface area contributed by atoms with Gasteiger partial charge in [0.2, 0.25) is 0 Å². The van der Waals surface area contributed by atoms with Crippen molar-refractivity contribution in [3.63, 3.8) is 0 Å². The van der Waals surface area contributed by atoms with E-state index in [0.29, 0.717) is 10.9 Å². The largest absolute Gasteiger partial charge is 0.373 e. The van der Waals surface area contributed by atoms with Crippen molar-refractivity contribution in [1.82, 2.24) is 5.32 Å². The van der Waals surface area contributed by atoms with Crippen LogP contribution in [0.25, 0.3) is 0 Å². The monoisotopic (exact) mass is 287 g/mol. The van der Waals surface area contributed by atoms with Crippen molar-refractivity contribution < 1.29 is 4.74 Å². The molecule has 1 aromatic rings. The van der Waals surface area contributed by atoms with Gasteiger partial charge in [0.1, 0.15) is 0 Å². The van der Waals surface area contributed by atoms with Crippen molar-refractivity contribution in [2.45, 2.75) is 25.9 Å². The molecule has 1 aromatic carbocycles. The van der Waals surface area contributed by atoms with E-state index in [1.807, 2.05) is 18.2 Å². The van der Waals surface area contributed by atoms with Gasteiger partial charge in [-0.05, 0) is 37.6 Å². The average Bonchev–Trinajstić information content (AvgIpc) is 2.39. The zero-order valence-corrected chi connectivity index (χ0v) is 12.1. The van der Waals surface area contributed by atoms with Crippen molar-refractivity contribution in [1.29, 1.82) is 0 Å². The highest BCUT2D eigenvalue weighted by Crippen LogP contribution is 2.37. The summed E-state index contributed by atoms with van der Waals surface area (Å²) >= 11 is 12.3. The maximum atomic E-state index is 6.27. The first-order chi connectivity index (χ1) is 8.72. The Morgan fingerprint density at radius 3 is 3.00 bits per heavy atom. The molecule has 2 unspecified atom stereocenters. The lowest BCUT2D eigenvalue weighted by Gasteiger charge is -2.32. The maximum Gasteiger partial charge on any atom is 0.0880 e. The van der Waals surface area contributed by atoms with E-state index < -0.39 is 0 Å². The van der Waals surface area contributed by atoms with Crippen LogP contribution < -0.4 is 5.32 Å². The van der Waals surface area contributed by atoms with Crippen LogP contribution in [-0.2, 0) is 4.74 Å². The van der Waals surface area contributed by atoms with E-state index in [1.165, 1.54) is 6.42 Å². The Balaban J connectivity index is 2.19. The normalized spacial score (nSPS) is 24.2. The standard InChI is InChI=1S/C14H19Cl2NO/c1-2-17-9-10-4-3-7-18-14(10)12-8-11(15)5-6-13(12)16/h5-6,8,10,14,17H,2-4,7,9H2,1H3. The molecule has 1 aliphatic heterocycles. The van der Waals surface area contributed by atoms with Crippen molar-refractivity contribution in [3.05, 3.63) is 33.8 Å². The number of halogens is 2. The minimum Gasteiger partial charge on any atom is -0.373 e. The molecule has 0 spiro atoms. The van der Waals surface area contributed by atoms with Crippen LogP contribution in [-0.4, -0.2) is 19.7 Å². The summed E-state index contributed by atoms with van der Waals surface area (Å²) in [4.78, 5) is 0. The molecule has 0 amide bonds. The second-order valence-electron chi connectivity index (χ2n) is 4.67. The summed E-state index contributed by atoms with van der Waals surface area (Å²) in [6.45, 7) is 4.86. The Morgan fingerprint density at radius 1 is 1.39 bits per heavy atom. The molecule has 1 N–H and O–H groups in total. The molecule has 0 saturated carbocycles. The van der Waals surface area contributed by atoms with Crippen LogP contribution in [0.5, 0.6) is 0 Å². The van der Waals surface area contributed by atoms with Crippen molar-refractivity contribution in [2.24, 2.45) is 5.92 Å². The molecular formula is C14H19Cl2NO. The Labute approximate surface area is 119 Å². The van der Waals surface area contributed by atoms with Crippen LogP contribution in [0.15, 0.2) is 18.2 Å². The Kier molecular flexibility index (Phi) is 5.31. The minimum atomic E-state index is 0.0593. The summed E-state index contributed by atoms with van der Waals surface area (Å²) in [5.74, 6) is 0.467. The van der Waals surface area contributed by atoms with E-state index >= 15 is 0 Å². The van der Waals surface area contributed by atoms with Gasteiger partial charge >= 0.3 is 0 Å². The highest BCUT2D eigenvalue weighted by molar-refractivity contribution is 6.33. The molecule has 1 heterocycles. The van der Waals surface area contributed by atoms with Gasteiger partial charge in [-0.25, -0.2) is 0 Å². The van der Waals surface area contributed by atoms with Gasteiger partial charge in [0.25, 0.3) is 0 Å². The fourth-order valence-electron chi connectivity index (χ4n) is 2.46. The van der Waals surface area contributed by atoms with E-state index in [1.54, 1.807) is 0 Å². The van der Waals surface area contributed by atoms with E-state index in [0.717, 1.165) is 36.7 Å². The smallest absolute Gasteiger partial charge is 0.0880 e. The fraction of sp³-hybridized carbons (Fsp3) is 0.571. The molecule has 0 aromatic heterocycles. The lowest BCUT2D eigenvalue weighted by molar-refractivity contribution is -0.0275. The molecule has 100 valence electrons. The number of hydrogen-bond acceptors (Lipinski definition) is 2. The molecule has 4 heteroatoms. The van der Waals surface area contributed by atoms with Crippen molar-refractivity contribution in [3.8, 4) is 0 Å². The van der Waals surface area contributed by atoms with Gasteiger partial charge in [0.15, 0.2) is 0 Å². The topological polar surface area (TPSA) is 21.3 Å². The number of hydrogen-bond donors (Lipinski definition) is 1. The summed E-state index contributed by atoms with van der Waals surface area (Å²) in [6.07, 6.45) is 2.34. The van der Waals surface area contributed by atoms with Gasteiger partial charge in [0.05, 0.1) is 6.10 Å². The average molecular weight is 288 g/mol. The van der Waals surface area contributed by atoms with Crippen molar-refractivity contribution >= 4 is 23.2 Å². The molecule has 2 nitrogen and oxygen atoms in total. The summed E-state index contributed by atoms with van der Waals surface area (Å²) in [5.41, 5.74) is 1.02. The predicted octanol–water partition coefficient (Wildman–Crippen LogP) is 4.07. The van der Waals surface area contributed by atoms with Crippen LogP contribution in [0.1, 0.15) is 31.4 Å². The lowest BCUT2D eigenvalue weighted by atomic mass is 9.89. The minimum absolute atomic E-state index is 0.0593. The zero-order chi connectivity index (χ0) is 13.0. The lowest BCUT2D eigenvalue weighted by Crippen LogP contribution is -2.32. The molecule has 0 bridgehead atoms. The first kappa shape index (κ1) is 14.1. The fourth-order valence-corrected chi connectivity index (χ4v) is 2.86. The number of benzene rings is 1. The van der Waals surface area contributed by atoms with Gasteiger partial charge in [-0.3, -0.25) is 0 Å². The Hall–Kier alpha value is -0.280. The van der Waals surface area contributed by atoms with Gasteiger partial charge in [0, 0.05) is 34.7 Å². The summed E-state index contributed by atoms with van der Waals surface area (Å²) in [6, 6.07) is 5.59. The highest BCUT2D eigenvalue weighted by atomic mass is 35.5. The van der Waals surface area contributed by atoms with E-state index in [-0.39, 0.29) is 6.10 Å². The third-order valence-electron chi connectivity index (χ3n) is 3.37. The second kappa shape index (κ2) is 6.76. The van der Waals surface area contributed by atoms with Gasteiger partial charge < -0.3 is 10.1 Å². The van der Waals surface area contributed by atoms with E-state index in [9.17, 15) is 0 Å². The number of rotatable bonds is 4. The first-order valence-electron chi connectivity index (χ1n) is 6.49. The maximum absolute atomic E-state index is 6.27. The third-order valence-corrected chi connectivity index (χ3v) is 3.95. The van der Waals surface area contributed by atoms with Crippen LogP contribution >= 0.6 is 23.2 Å². The second-order valence-corrected chi connectivity index (χ2v) is 5.51.